The largest absolute Gasteiger partial charge is 0.440 e. The van der Waals surface area contributed by atoms with Crippen LogP contribution >= 0.6 is 0 Å². The van der Waals surface area contributed by atoms with Crippen LogP contribution in [0.3, 0.4) is 0 Å². The van der Waals surface area contributed by atoms with Gasteiger partial charge in [-0.2, -0.15) is 13.2 Å². The van der Waals surface area contributed by atoms with E-state index in [-0.39, 0.29) is 12.1 Å². The van der Waals surface area contributed by atoms with Gasteiger partial charge in [0.05, 0.1) is 5.69 Å². The van der Waals surface area contributed by atoms with Crippen molar-refractivity contribution >= 4 is 23.5 Å². The molecule has 3 rings (SSSR count). The minimum atomic E-state index is -5.20. The second kappa shape index (κ2) is 8.28. The monoisotopic (exact) mass is 425 g/mol. The molecule has 0 radical (unpaired) electrons. The van der Waals surface area contributed by atoms with Gasteiger partial charge in [-0.3, -0.25) is 14.9 Å². The molecule has 9 heteroatoms. The summed E-state index contributed by atoms with van der Waals surface area (Å²) in [6.45, 7) is 3.53. The number of halogens is 3. The molecule has 2 aliphatic rings. The third kappa shape index (κ3) is 4.15. The quantitative estimate of drug-likeness (QED) is 0.698. The second-order valence-electron chi connectivity index (χ2n) is 8.18. The Labute approximate surface area is 173 Å². The highest BCUT2D eigenvalue weighted by atomic mass is 19.4. The zero-order chi connectivity index (χ0) is 22.1. The number of rotatable bonds is 5. The van der Waals surface area contributed by atoms with Gasteiger partial charge in [0.25, 0.3) is 11.6 Å². The van der Waals surface area contributed by atoms with Crippen molar-refractivity contribution in [2.75, 3.05) is 4.90 Å². The summed E-state index contributed by atoms with van der Waals surface area (Å²) in [6.07, 6.45) is 0.278. The molecular formula is C21H26F3N3O3. The van der Waals surface area contributed by atoms with Crippen molar-refractivity contribution in [1.82, 2.24) is 10.6 Å². The Morgan fingerprint density at radius 3 is 2.43 bits per heavy atom. The third-order valence-corrected chi connectivity index (χ3v) is 6.03. The number of aryl methyl sites for hydroxylation is 2. The summed E-state index contributed by atoms with van der Waals surface area (Å²) in [5.41, 5.74) is -1.87. The molecule has 1 saturated heterocycles. The van der Waals surface area contributed by atoms with Gasteiger partial charge >= 0.3 is 12.2 Å². The first-order valence-electron chi connectivity index (χ1n) is 10.2. The van der Waals surface area contributed by atoms with Crippen molar-refractivity contribution in [3.63, 3.8) is 0 Å². The maximum atomic E-state index is 14.0. The Kier molecular flexibility index (Phi) is 6.10. The fourth-order valence-electron chi connectivity index (χ4n) is 4.06. The predicted octanol–water partition coefficient (Wildman–Crippen LogP) is 4.09. The van der Waals surface area contributed by atoms with Gasteiger partial charge in [-0.15, -0.1) is 0 Å². The number of hydrogen-bond acceptors (Lipinski definition) is 3. The van der Waals surface area contributed by atoms with Crippen LogP contribution in [-0.2, 0) is 9.59 Å². The Morgan fingerprint density at radius 1 is 1.17 bits per heavy atom. The average Bonchev–Trinajstić information content (AvgIpc) is 2.94. The van der Waals surface area contributed by atoms with Gasteiger partial charge in [-0.25, -0.2) is 9.69 Å². The van der Waals surface area contributed by atoms with Gasteiger partial charge in [0, 0.05) is 6.42 Å². The van der Waals surface area contributed by atoms with Crippen LogP contribution in [0, 0.1) is 19.8 Å². The van der Waals surface area contributed by atoms with E-state index in [0.717, 1.165) is 37.7 Å². The highest BCUT2D eigenvalue weighted by molar-refractivity contribution is 6.24. The summed E-state index contributed by atoms with van der Waals surface area (Å²) in [5, 5.41) is 3.48. The van der Waals surface area contributed by atoms with Crippen molar-refractivity contribution in [2.45, 2.75) is 70.6 Å². The molecule has 0 spiro atoms. The summed E-state index contributed by atoms with van der Waals surface area (Å²) >= 11 is 0. The van der Waals surface area contributed by atoms with Crippen LogP contribution < -0.4 is 15.5 Å². The molecule has 2 N–H and O–H groups in total. The van der Waals surface area contributed by atoms with E-state index in [4.69, 9.17) is 0 Å². The fourth-order valence-corrected chi connectivity index (χ4v) is 4.06. The lowest BCUT2D eigenvalue weighted by Gasteiger charge is -2.30. The van der Waals surface area contributed by atoms with Crippen LogP contribution in [0.2, 0.25) is 0 Å². The molecule has 164 valence electrons. The Hall–Kier alpha value is -2.58. The fraction of sp³-hybridized carbons (Fsp3) is 0.571. The number of alkyl halides is 3. The number of hydrogen-bond donors (Lipinski definition) is 2. The molecule has 30 heavy (non-hydrogen) atoms. The van der Waals surface area contributed by atoms with Crippen LogP contribution in [0.15, 0.2) is 18.2 Å². The number of carbonyl (C=O) groups is 3. The minimum absolute atomic E-state index is 0.0168. The van der Waals surface area contributed by atoms with Gasteiger partial charge in [-0.1, -0.05) is 38.2 Å². The highest BCUT2D eigenvalue weighted by Crippen LogP contribution is 2.36. The van der Waals surface area contributed by atoms with Crippen LogP contribution in [0.25, 0.3) is 0 Å². The number of benzene rings is 1. The number of nitrogens with zero attached hydrogens (tertiary/aromatic N) is 1. The SMILES string of the molecule is Cc1ccc(N2C(=O)N[C@@](NC(=O)CCC3CCCCC3)(C(F)(F)F)C2=O)cc1C. The number of carbonyl (C=O) groups excluding carboxylic acids is 3. The summed E-state index contributed by atoms with van der Waals surface area (Å²) in [4.78, 5) is 38.0. The molecule has 1 aliphatic carbocycles. The molecule has 1 heterocycles. The summed E-state index contributed by atoms with van der Waals surface area (Å²) in [7, 11) is 0. The van der Waals surface area contributed by atoms with Crippen LogP contribution in [0.4, 0.5) is 23.7 Å². The Bertz CT molecular complexity index is 850. The Balaban J connectivity index is 1.80. The second-order valence-corrected chi connectivity index (χ2v) is 8.18. The average molecular weight is 425 g/mol. The lowest BCUT2D eigenvalue weighted by Crippen LogP contribution is -2.69. The first-order valence-corrected chi connectivity index (χ1v) is 10.2. The lowest BCUT2D eigenvalue weighted by molar-refractivity contribution is -0.201. The molecule has 0 aromatic heterocycles. The maximum absolute atomic E-state index is 14.0. The van der Waals surface area contributed by atoms with E-state index in [1.54, 1.807) is 30.5 Å². The van der Waals surface area contributed by atoms with Gasteiger partial charge in [-0.05, 0) is 49.4 Å². The number of imide groups is 1. The van der Waals surface area contributed by atoms with E-state index in [1.165, 1.54) is 12.1 Å². The van der Waals surface area contributed by atoms with E-state index in [9.17, 15) is 27.6 Å². The van der Waals surface area contributed by atoms with E-state index < -0.39 is 29.7 Å². The molecule has 0 unspecified atom stereocenters. The zero-order valence-corrected chi connectivity index (χ0v) is 17.1. The number of urea groups is 1. The van der Waals surface area contributed by atoms with Gasteiger partial charge in [0.1, 0.15) is 0 Å². The van der Waals surface area contributed by atoms with Crippen molar-refractivity contribution in [3.05, 3.63) is 29.3 Å². The van der Waals surface area contributed by atoms with Gasteiger partial charge in [0.2, 0.25) is 5.91 Å². The van der Waals surface area contributed by atoms with E-state index >= 15 is 0 Å². The molecule has 1 aromatic carbocycles. The molecule has 1 aliphatic heterocycles. The first kappa shape index (κ1) is 22.1. The van der Waals surface area contributed by atoms with Crippen LogP contribution in [0.5, 0.6) is 0 Å². The molecule has 1 atom stereocenters. The van der Waals surface area contributed by atoms with Crippen molar-refractivity contribution < 1.29 is 27.6 Å². The Morgan fingerprint density at radius 2 is 1.83 bits per heavy atom. The molecule has 4 amide bonds. The molecule has 0 bridgehead atoms. The molecule has 6 nitrogen and oxygen atoms in total. The number of nitrogens with one attached hydrogen (secondary N) is 2. The van der Waals surface area contributed by atoms with Gasteiger partial charge in [0.15, 0.2) is 0 Å². The summed E-state index contributed by atoms with van der Waals surface area (Å²) in [6, 6.07) is 3.25. The lowest BCUT2D eigenvalue weighted by atomic mass is 9.86. The summed E-state index contributed by atoms with van der Waals surface area (Å²) in [5.74, 6) is -2.17. The zero-order valence-electron chi connectivity index (χ0n) is 17.1. The first-order chi connectivity index (χ1) is 14.0. The van der Waals surface area contributed by atoms with E-state index in [2.05, 4.69) is 0 Å². The summed E-state index contributed by atoms with van der Waals surface area (Å²) < 4.78 is 41.9. The number of anilines is 1. The molecule has 2 fully saturated rings. The highest BCUT2D eigenvalue weighted by Gasteiger charge is 2.69. The van der Waals surface area contributed by atoms with Gasteiger partial charge < -0.3 is 5.32 Å². The molecule has 1 saturated carbocycles. The normalized spacial score (nSPS) is 22.9. The van der Waals surface area contributed by atoms with Crippen molar-refractivity contribution in [1.29, 1.82) is 0 Å². The topological polar surface area (TPSA) is 78.5 Å². The smallest absolute Gasteiger partial charge is 0.318 e. The van der Waals surface area contributed by atoms with E-state index in [0.29, 0.717) is 22.8 Å². The van der Waals surface area contributed by atoms with Crippen LogP contribution in [-0.4, -0.2) is 29.7 Å². The standard InChI is InChI=1S/C21H26F3N3O3/c1-13-8-10-16(12-14(13)2)27-18(29)20(21(22,23)24,26-19(27)30)25-17(28)11-9-15-6-4-3-5-7-15/h8,10,12,15H,3-7,9,11H2,1-2H3,(H,25,28)(H,26,30)/t20-/m1/s1. The molecule has 1 aromatic rings. The van der Waals surface area contributed by atoms with Crippen LogP contribution in [0.1, 0.15) is 56.1 Å². The minimum Gasteiger partial charge on any atom is -0.318 e. The predicted molar refractivity (Wildman–Crippen MR) is 105 cm³/mol. The maximum Gasteiger partial charge on any atom is 0.440 e. The van der Waals surface area contributed by atoms with E-state index in [1.807, 2.05) is 0 Å². The van der Waals surface area contributed by atoms with Crippen molar-refractivity contribution in [2.24, 2.45) is 5.92 Å². The molecular weight excluding hydrogens is 399 g/mol. The van der Waals surface area contributed by atoms with Crippen molar-refractivity contribution in [3.8, 4) is 0 Å². The number of amides is 4. The third-order valence-electron chi connectivity index (χ3n) is 6.03.